The lowest BCUT2D eigenvalue weighted by molar-refractivity contribution is 0.218. The van der Waals surface area contributed by atoms with Crippen LogP contribution < -0.4 is 4.90 Å². The van der Waals surface area contributed by atoms with Gasteiger partial charge in [-0.05, 0) is 37.3 Å². The first-order valence-electron chi connectivity index (χ1n) is 8.89. The Kier molecular flexibility index (Phi) is 4.67. The van der Waals surface area contributed by atoms with Gasteiger partial charge < -0.3 is 4.90 Å². The minimum absolute atomic E-state index is 0.262. The molecule has 4 rings (SSSR count). The normalized spacial score (nSPS) is 18.2. The lowest BCUT2D eigenvalue weighted by Gasteiger charge is -2.41. The van der Waals surface area contributed by atoms with Gasteiger partial charge in [-0.2, -0.15) is 5.10 Å². The number of hydrogen-bond donors (Lipinski definition) is 0. The van der Waals surface area contributed by atoms with E-state index in [9.17, 15) is 4.39 Å². The van der Waals surface area contributed by atoms with Gasteiger partial charge in [-0.15, -0.1) is 0 Å². The molecular formula is C20H22FN5. The number of rotatable bonds is 4. The van der Waals surface area contributed by atoms with Gasteiger partial charge in [-0.25, -0.2) is 9.07 Å². The van der Waals surface area contributed by atoms with Crippen LogP contribution in [0.4, 0.5) is 10.1 Å². The molecule has 0 bridgehead atoms. The van der Waals surface area contributed by atoms with Crippen LogP contribution in [-0.4, -0.2) is 45.3 Å². The Balaban J connectivity index is 1.41. The summed E-state index contributed by atoms with van der Waals surface area (Å²) in [5, 5.41) is 4.55. The van der Waals surface area contributed by atoms with E-state index in [1.54, 1.807) is 16.8 Å². The lowest BCUT2D eigenvalue weighted by Crippen LogP contribution is -2.51. The van der Waals surface area contributed by atoms with Crippen molar-refractivity contribution >= 4 is 5.69 Å². The number of hydrogen-bond acceptors (Lipinski definition) is 4. The van der Waals surface area contributed by atoms with Crippen LogP contribution in [0.15, 0.2) is 61.1 Å². The van der Waals surface area contributed by atoms with Crippen LogP contribution in [-0.2, 0) is 6.54 Å². The van der Waals surface area contributed by atoms with Gasteiger partial charge in [-0.3, -0.25) is 9.88 Å². The van der Waals surface area contributed by atoms with E-state index < -0.39 is 0 Å². The number of piperazine rings is 1. The highest BCUT2D eigenvalue weighted by atomic mass is 19.1. The molecule has 6 heteroatoms. The van der Waals surface area contributed by atoms with Gasteiger partial charge in [0.25, 0.3) is 0 Å². The number of aromatic nitrogens is 3. The summed E-state index contributed by atoms with van der Waals surface area (Å²) >= 11 is 0. The van der Waals surface area contributed by atoms with E-state index in [1.165, 1.54) is 11.8 Å². The summed E-state index contributed by atoms with van der Waals surface area (Å²) in [6.45, 7) is 5.92. The van der Waals surface area contributed by atoms with E-state index in [2.05, 4.69) is 38.9 Å². The van der Waals surface area contributed by atoms with Gasteiger partial charge in [0.15, 0.2) is 0 Å². The Morgan fingerprint density at radius 3 is 2.65 bits per heavy atom. The van der Waals surface area contributed by atoms with Crippen LogP contribution in [0, 0.1) is 5.82 Å². The van der Waals surface area contributed by atoms with Crippen molar-refractivity contribution in [3.63, 3.8) is 0 Å². The van der Waals surface area contributed by atoms with E-state index in [4.69, 9.17) is 0 Å². The monoisotopic (exact) mass is 351 g/mol. The van der Waals surface area contributed by atoms with Crippen LogP contribution in [0.5, 0.6) is 0 Å². The van der Waals surface area contributed by atoms with Crippen molar-refractivity contribution in [1.82, 2.24) is 19.7 Å². The SMILES string of the molecule is CC1CN(Cc2ccn(-c3ccccc3F)n2)CCN1c1ccncc1. The minimum atomic E-state index is -0.262. The molecule has 0 radical (unpaired) electrons. The molecule has 0 spiro atoms. The van der Waals surface area contributed by atoms with Crippen LogP contribution in [0.25, 0.3) is 5.69 Å². The second-order valence-electron chi connectivity index (χ2n) is 6.69. The number of benzene rings is 1. The zero-order chi connectivity index (χ0) is 17.9. The first-order chi connectivity index (χ1) is 12.7. The Bertz CT molecular complexity index is 863. The molecule has 0 saturated carbocycles. The molecule has 1 atom stereocenters. The fourth-order valence-corrected chi connectivity index (χ4v) is 3.54. The summed E-state index contributed by atoms with van der Waals surface area (Å²) < 4.78 is 15.5. The van der Waals surface area contributed by atoms with E-state index in [1.807, 2.05) is 30.7 Å². The van der Waals surface area contributed by atoms with E-state index in [0.717, 1.165) is 31.9 Å². The molecule has 1 unspecified atom stereocenters. The van der Waals surface area contributed by atoms with Gasteiger partial charge in [0.05, 0.1) is 5.69 Å². The van der Waals surface area contributed by atoms with Crippen LogP contribution in [0.2, 0.25) is 0 Å². The molecule has 1 aliphatic heterocycles. The summed E-state index contributed by atoms with van der Waals surface area (Å²) in [5.41, 5.74) is 2.66. The molecular weight excluding hydrogens is 329 g/mol. The topological polar surface area (TPSA) is 37.2 Å². The molecule has 3 aromatic rings. The Morgan fingerprint density at radius 2 is 1.88 bits per heavy atom. The third-order valence-electron chi connectivity index (χ3n) is 4.84. The van der Waals surface area contributed by atoms with Gasteiger partial charge >= 0.3 is 0 Å². The molecule has 2 aromatic heterocycles. The molecule has 0 N–H and O–H groups in total. The number of halogens is 1. The fraction of sp³-hybridized carbons (Fsp3) is 0.300. The largest absolute Gasteiger partial charge is 0.366 e. The maximum Gasteiger partial charge on any atom is 0.148 e. The molecule has 0 amide bonds. The Morgan fingerprint density at radius 1 is 1.08 bits per heavy atom. The number of pyridine rings is 1. The van der Waals surface area contributed by atoms with Gasteiger partial charge in [0.2, 0.25) is 0 Å². The predicted octanol–water partition coefficient (Wildman–Crippen LogP) is 3.12. The highest BCUT2D eigenvalue weighted by molar-refractivity contribution is 5.46. The minimum Gasteiger partial charge on any atom is -0.366 e. The molecule has 5 nitrogen and oxygen atoms in total. The first kappa shape index (κ1) is 16.7. The van der Waals surface area contributed by atoms with Crippen molar-refractivity contribution in [2.45, 2.75) is 19.5 Å². The number of para-hydroxylation sites is 1. The van der Waals surface area contributed by atoms with Crippen molar-refractivity contribution in [3.05, 3.63) is 72.6 Å². The number of anilines is 1. The van der Waals surface area contributed by atoms with E-state index >= 15 is 0 Å². The molecule has 3 heterocycles. The van der Waals surface area contributed by atoms with Crippen LogP contribution in [0.3, 0.4) is 0 Å². The van der Waals surface area contributed by atoms with Gasteiger partial charge in [0, 0.05) is 56.5 Å². The zero-order valence-electron chi connectivity index (χ0n) is 14.8. The van der Waals surface area contributed by atoms with Gasteiger partial charge in [-0.1, -0.05) is 12.1 Å². The lowest BCUT2D eigenvalue weighted by atomic mass is 10.1. The second kappa shape index (κ2) is 7.25. The van der Waals surface area contributed by atoms with Crippen LogP contribution >= 0.6 is 0 Å². The standard InChI is InChI=1S/C20H22FN5/c1-16-14-24(12-13-25(16)18-6-9-22-10-7-18)15-17-8-11-26(23-17)20-5-3-2-4-19(20)21/h2-11,16H,12-15H2,1H3. The van der Waals surface area contributed by atoms with Crippen LogP contribution in [0.1, 0.15) is 12.6 Å². The Labute approximate surface area is 152 Å². The highest BCUT2D eigenvalue weighted by Gasteiger charge is 2.24. The predicted molar refractivity (Wildman–Crippen MR) is 99.8 cm³/mol. The average Bonchev–Trinajstić information content (AvgIpc) is 3.11. The van der Waals surface area contributed by atoms with Crippen molar-refractivity contribution in [3.8, 4) is 5.69 Å². The van der Waals surface area contributed by atoms with Crippen molar-refractivity contribution in [1.29, 1.82) is 0 Å². The average molecular weight is 351 g/mol. The molecule has 1 aliphatic rings. The highest BCUT2D eigenvalue weighted by Crippen LogP contribution is 2.20. The summed E-state index contributed by atoms with van der Waals surface area (Å²) in [6, 6.07) is 13.2. The Hall–Kier alpha value is -2.73. The molecule has 1 saturated heterocycles. The van der Waals surface area contributed by atoms with Gasteiger partial charge in [0.1, 0.15) is 11.5 Å². The first-order valence-corrected chi connectivity index (χ1v) is 8.89. The molecule has 26 heavy (non-hydrogen) atoms. The molecule has 1 fully saturated rings. The van der Waals surface area contributed by atoms with Crippen molar-refractivity contribution in [2.24, 2.45) is 0 Å². The second-order valence-corrected chi connectivity index (χ2v) is 6.69. The van der Waals surface area contributed by atoms with Crippen molar-refractivity contribution in [2.75, 3.05) is 24.5 Å². The smallest absolute Gasteiger partial charge is 0.148 e. The molecule has 134 valence electrons. The summed E-state index contributed by atoms with van der Waals surface area (Å²) in [5.74, 6) is -0.262. The summed E-state index contributed by atoms with van der Waals surface area (Å²) in [6.07, 6.45) is 5.50. The maximum atomic E-state index is 13.9. The third kappa shape index (κ3) is 3.46. The molecule has 1 aromatic carbocycles. The zero-order valence-corrected chi connectivity index (χ0v) is 14.8. The number of nitrogens with zero attached hydrogens (tertiary/aromatic N) is 5. The van der Waals surface area contributed by atoms with Crippen molar-refractivity contribution < 1.29 is 4.39 Å². The maximum absolute atomic E-state index is 13.9. The van der Waals surface area contributed by atoms with E-state index in [-0.39, 0.29) is 5.82 Å². The summed E-state index contributed by atoms with van der Waals surface area (Å²) in [7, 11) is 0. The van der Waals surface area contributed by atoms with E-state index in [0.29, 0.717) is 11.7 Å². The molecule has 0 aliphatic carbocycles. The fourth-order valence-electron chi connectivity index (χ4n) is 3.54. The quantitative estimate of drug-likeness (QED) is 0.724. The third-order valence-corrected chi connectivity index (χ3v) is 4.84. The summed E-state index contributed by atoms with van der Waals surface area (Å²) in [4.78, 5) is 8.91.